The van der Waals surface area contributed by atoms with Gasteiger partial charge in [-0.3, -0.25) is 14.4 Å². The maximum Gasteiger partial charge on any atom is 0.306 e. The maximum atomic E-state index is 12.3. The van der Waals surface area contributed by atoms with Crippen LogP contribution >= 0.6 is 0 Å². The van der Waals surface area contributed by atoms with Crippen LogP contribution in [0.25, 0.3) is 0 Å². The van der Waals surface area contributed by atoms with Gasteiger partial charge in [0.15, 0.2) is 12.4 Å². The van der Waals surface area contributed by atoms with E-state index in [1.54, 1.807) is 19.2 Å². The van der Waals surface area contributed by atoms with Crippen LogP contribution in [0.1, 0.15) is 40.7 Å². The van der Waals surface area contributed by atoms with Crippen molar-refractivity contribution in [2.45, 2.75) is 32.1 Å². The fourth-order valence-corrected chi connectivity index (χ4v) is 3.21. The van der Waals surface area contributed by atoms with E-state index in [0.29, 0.717) is 5.56 Å². The molecule has 0 atom stereocenters. The number of rotatable bonds is 7. The smallest absolute Gasteiger partial charge is 0.306 e. The Morgan fingerprint density at radius 2 is 1.70 bits per heavy atom. The van der Waals surface area contributed by atoms with E-state index in [1.165, 1.54) is 16.0 Å². The van der Waals surface area contributed by atoms with Crippen molar-refractivity contribution in [3.05, 3.63) is 65.2 Å². The average Bonchev–Trinajstić information content (AvgIpc) is 3.18. The number of para-hydroxylation sites is 1. The van der Waals surface area contributed by atoms with Crippen molar-refractivity contribution in [2.75, 3.05) is 18.6 Å². The number of aryl methyl sites for hydroxylation is 2. The molecule has 0 aromatic heterocycles. The Kier molecular flexibility index (Phi) is 6.01. The Morgan fingerprint density at radius 1 is 0.963 bits per heavy atom. The number of fused-ring (bicyclic) bond motifs is 1. The van der Waals surface area contributed by atoms with Gasteiger partial charge in [-0.1, -0.05) is 30.3 Å². The van der Waals surface area contributed by atoms with Gasteiger partial charge in [-0.2, -0.15) is 0 Å². The van der Waals surface area contributed by atoms with Crippen LogP contribution in [-0.2, 0) is 27.2 Å². The SMILES string of the molecule is CN(C(=O)COC(=O)CCC(=O)c1ccc2c(c1)CCC2)c1ccccc1. The minimum Gasteiger partial charge on any atom is -0.456 e. The van der Waals surface area contributed by atoms with Crippen molar-refractivity contribution in [3.63, 3.8) is 0 Å². The van der Waals surface area contributed by atoms with Crippen LogP contribution in [0.3, 0.4) is 0 Å². The van der Waals surface area contributed by atoms with E-state index < -0.39 is 5.97 Å². The molecule has 0 aliphatic heterocycles. The lowest BCUT2D eigenvalue weighted by Crippen LogP contribution is -2.31. The van der Waals surface area contributed by atoms with E-state index in [4.69, 9.17) is 4.74 Å². The quantitative estimate of drug-likeness (QED) is 0.558. The number of Topliss-reactive ketones (excluding diaryl/α,β-unsaturated/α-hetero) is 1. The van der Waals surface area contributed by atoms with E-state index >= 15 is 0 Å². The molecule has 0 heterocycles. The third-order valence-corrected chi connectivity index (χ3v) is 4.85. The normalized spacial score (nSPS) is 12.3. The Hall–Kier alpha value is -2.95. The zero-order valence-corrected chi connectivity index (χ0v) is 15.4. The molecule has 2 aromatic carbocycles. The fraction of sp³-hybridized carbons (Fsp3) is 0.318. The van der Waals surface area contributed by atoms with Gasteiger partial charge >= 0.3 is 5.97 Å². The van der Waals surface area contributed by atoms with Gasteiger partial charge in [0, 0.05) is 24.7 Å². The van der Waals surface area contributed by atoms with E-state index in [0.717, 1.165) is 24.9 Å². The summed E-state index contributed by atoms with van der Waals surface area (Å²) in [4.78, 5) is 37.7. The highest BCUT2D eigenvalue weighted by Crippen LogP contribution is 2.23. The summed E-state index contributed by atoms with van der Waals surface area (Å²) in [6.07, 6.45) is 3.26. The standard InChI is InChI=1S/C22H23NO4/c1-23(19-8-3-2-4-9-19)21(25)15-27-22(26)13-12-20(24)18-11-10-16-6-5-7-17(16)14-18/h2-4,8-11,14H,5-7,12-13,15H2,1H3. The molecule has 2 aromatic rings. The molecule has 0 fully saturated rings. The van der Waals surface area contributed by atoms with Crippen molar-refractivity contribution in [3.8, 4) is 0 Å². The van der Waals surface area contributed by atoms with Crippen molar-refractivity contribution in [1.82, 2.24) is 0 Å². The highest BCUT2D eigenvalue weighted by atomic mass is 16.5. The van der Waals surface area contributed by atoms with E-state index in [9.17, 15) is 14.4 Å². The van der Waals surface area contributed by atoms with Crippen LogP contribution in [0.15, 0.2) is 48.5 Å². The molecule has 0 saturated heterocycles. The van der Waals surface area contributed by atoms with Crippen LogP contribution in [-0.4, -0.2) is 31.3 Å². The summed E-state index contributed by atoms with van der Waals surface area (Å²) < 4.78 is 5.02. The third-order valence-electron chi connectivity index (χ3n) is 4.85. The van der Waals surface area contributed by atoms with E-state index in [1.807, 2.05) is 36.4 Å². The van der Waals surface area contributed by atoms with Gasteiger partial charge < -0.3 is 9.64 Å². The fourth-order valence-electron chi connectivity index (χ4n) is 3.21. The summed E-state index contributed by atoms with van der Waals surface area (Å²) in [6, 6.07) is 14.9. The lowest BCUT2D eigenvalue weighted by Gasteiger charge is -2.17. The van der Waals surface area contributed by atoms with Crippen LogP contribution in [0.5, 0.6) is 0 Å². The molecule has 0 saturated carbocycles. The minimum absolute atomic E-state index is 0.0295. The van der Waals surface area contributed by atoms with Crippen LogP contribution in [0, 0.1) is 0 Å². The molecule has 0 unspecified atom stereocenters. The summed E-state index contributed by atoms with van der Waals surface area (Å²) in [7, 11) is 1.63. The molecular weight excluding hydrogens is 342 g/mol. The van der Waals surface area contributed by atoms with Crippen molar-refractivity contribution < 1.29 is 19.1 Å². The molecular formula is C22H23NO4. The van der Waals surface area contributed by atoms with Gasteiger partial charge in [0.1, 0.15) is 0 Å². The first-order valence-electron chi connectivity index (χ1n) is 9.17. The molecule has 0 radical (unpaired) electrons. The van der Waals surface area contributed by atoms with Gasteiger partial charge in [0.25, 0.3) is 5.91 Å². The number of ether oxygens (including phenoxy) is 1. The summed E-state index contributed by atoms with van der Waals surface area (Å²) in [6.45, 7) is -0.336. The molecule has 5 nitrogen and oxygen atoms in total. The highest BCUT2D eigenvalue weighted by Gasteiger charge is 2.17. The number of amides is 1. The number of nitrogens with zero attached hydrogens (tertiary/aromatic N) is 1. The summed E-state index contributed by atoms with van der Waals surface area (Å²) in [5, 5.41) is 0. The number of hydrogen-bond donors (Lipinski definition) is 0. The molecule has 5 heteroatoms. The molecule has 1 aliphatic carbocycles. The monoisotopic (exact) mass is 365 g/mol. The third kappa shape index (κ3) is 4.82. The molecule has 0 N–H and O–H groups in total. The molecule has 0 bridgehead atoms. The Morgan fingerprint density at radius 3 is 2.48 bits per heavy atom. The van der Waals surface area contributed by atoms with Gasteiger partial charge in [-0.15, -0.1) is 0 Å². The van der Waals surface area contributed by atoms with Crippen molar-refractivity contribution in [2.24, 2.45) is 0 Å². The van der Waals surface area contributed by atoms with Crippen LogP contribution in [0.4, 0.5) is 5.69 Å². The second kappa shape index (κ2) is 8.62. The number of likely N-dealkylation sites (N-methyl/N-ethyl adjacent to an activating group) is 1. The number of carbonyl (C=O) groups is 3. The van der Waals surface area contributed by atoms with Gasteiger partial charge in [0.05, 0.1) is 6.42 Å². The Balaban J connectivity index is 1.44. The first-order chi connectivity index (χ1) is 13.0. The molecule has 140 valence electrons. The van der Waals surface area contributed by atoms with E-state index in [2.05, 4.69) is 0 Å². The van der Waals surface area contributed by atoms with Crippen molar-refractivity contribution in [1.29, 1.82) is 0 Å². The Bertz CT molecular complexity index is 845. The summed E-state index contributed by atoms with van der Waals surface area (Å²) >= 11 is 0. The van der Waals surface area contributed by atoms with Gasteiger partial charge in [-0.05, 0) is 48.6 Å². The number of benzene rings is 2. The number of ketones is 1. The second-order valence-electron chi connectivity index (χ2n) is 6.71. The zero-order chi connectivity index (χ0) is 19.2. The van der Waals surface area contributed by atoms with Gasteiger partial charge in [-0.25, -0.2) is 0 Å². The zero-order valence-electron chi connectivity index (χ0n) is 15.4. The molecule has 1 aliphatic rings. The van der Waals surface area contributed by atoms with E-state index in [-0.39, 0.29) is 31.1 Å². The molecule has 3 rings (SSSR count). The maximum absolute atomic E-state index is 12.3. The van der Waals surface area contributed by atoms with Crippen LogP contribution in [0.2, 0.25) is 0 Å². The number of esters is 1. The highest BCUT2D eigenvalue weighted by molar-refractivity contribution is 5.98. The number of hydrogen-bond acceptors (Lipinski definition) is 4. The predicted octanol–water partition coefficient (Wildman–Crippen LogP) is 3.34. The van der Waals surface area contributed by atoms with Crippen molar-refractivity contribution >= 4 is 23.3 Å². The van der Waals surface area contributed by atoms with Gasteiger partial charge in [0.2, 0.25) is 0 Å². The molecule has 0 spiro atoms. The second-order valence-corrected chi connectivity index (χ2v) is 6.71. The lowest BCUT2D eigenvalue weighted by atomic mass is 10.0. The topological polar surface area (TPSA) is 63.7 Å². The first-order valence-corrected chi connectivity index (χ1v) is 9.17. The minimum atomic E-state index is -0.542. The summed E-state index contributed by atoms with van der Waals surface area (Å²) in [5.74, 6) is -0.937. The average molecular weight is 365 g/mol. The predicted molar refractivity (Wildman–Crippen MR) is 103 cm³/mol. The molecule has 27 heavy (non-hydrogen) atoms. The largest absolute Gasteiger partial charge is 0.456 e. The number of carbonyl (C=O) groups excluding carboxylic acids is 3. The summed E-state index contributed by atoms with van der Waals surface area (Å²) in [5.41, 5.74) is 3.92. The Labute approximate surface area is 158 Å². The first kappa shape index (κ1) is 18.8. The number of anilines is 1. The van der Waals surface area contributed by atoms with Crippen LogP contribution < -0.4 is 4.90 Å². The lowest BCUT2D eigenvalue weighted by molar-refractivity contribution is -0.147. The molecule has 1 amide bonds.